The maximum Gasteiger partial charge on any atom is 0.246 e. The molecule has 7 amide bonds. The molecule has 3 aliphatic rings. The Kier molecular flexibility index (Phi) is 18.8. The SMILES string of the molecule is C=CC(C)(C)n1cc(C[C@@H]2NC(=O)[C@H](CC3CCCC3)NC(=O)[C@H](CC(C)C)N3CC/C=C\C[C@@H](C3=O)N(C)C(=O)[C@H](C)NC(=O)[C@H](Cc3ccc4cnc(C)nc4c3)NC(=O)[C@H](CC(C)C)N(C)C2=O)c2ccccc21. The van der Waals surface area contributed by atoms with Crippen molar-refractivity contribution in [3.8, 4) is 0 Å². The fourth-order valence-corrected chi connectivity index (χ4v) is 11.3. The highest BCUT2D eigenvalue weighted by molar-refractivity contribution is 5.99. The number of allylic oxidation sites excluding steroid dienone is 1. The van der Waals surface area contributed by atoms with Crippen LogP contribution in [0, 0.1) is 24.7 Å². The van der Waals surface area contributed by atoms with Gasteiger partial charge >= 0.3 is 0 Å². The van der Waals surface area contributed by atoms with Gasteiger partial charge in [-0.15, -0.1) is 6.58 Å². The summed E-state index contributed by atoms with van der Waals surface area (Å²) in [6, 6.07) is 5.44. The molecule has 1 saturated heterocycles. The average Bonchev–Trinajstić information content (AvgIpc) is 4.05. The van der Waals surface area contributed by atoms with Crippen molar-refractivity contribution in [1.82, 2.24) is 50.5 Å². The average molecular weight is 1060 g/mol. The van der Waals surface area contributed by atoms with Crippen LogP contribution in [-0.4, -0.2) is 134 Å². The number of benzene rings is 2. The number of nitrogens with zero attached hydrogens (tertiary/aromatic N) is 6. The van der Waals surface area contributed by atoms with E-state index < -0.39 is 89.2 Å². The van der Waals surface area contributed by atoms with Gasteiger partial charge in [-0.25, -0.2) is 9.97 Å². The lowest BCUT2D eigenvalue weighted by Crippen LogP contribution is -2.61. The van der Waals surface area contributed by atoms with Gasteiger partial charge in [0.25, 0.3) is 0 Å². The Morgan fingerprint density at radius 3 is 2.10 bits per heavy atom. The number of hydrogen-bond donors (Lipinski definition) is 4. The van der Waals surface area contributed by atoms with Crippen molar-refractivity contribution < 1.29 is 33.6 Å². The molecule has 4 N–H and O–H groups in total. The van der Waals surface area contributed by atoms with Gasteiger partial charge < -0.3 is 40.5 Å². The van der Waals surface area contributed by atoms with Gasteiger partial charge in [0.2, 0.25) is 41.4 Å². The highest BCUT2D eigenvalue weighted by Crippen LogP contribution is 2.32. The molecule has 2 aromatic heterocycles. The van der Waals surface area contributed by atoms with Crippen LogP contribution < -0.4 is 21.3 Å². The Hall–Kier alpha value is -6.91. The first kappa shape index (κ1) is 57.8. The maximum atomic E-state index is 15.6. The summed E-state index contributed by atoms with van der Waals surface area (Å²) in [7, 11) is 3.06. The normalized spacial score (nSPS) is 24.9. The number of fused-ring (bicyclic) bond motifs is 4. The quantitative estimate of drug-likeness (QED) is 0.115. The van der Waals surface area contributed by atoms with Gasteiger partial charge in [0.15, 0.2) is 0 Å². The molecule has 7 atom stereocenters. The predicted molar refractivity (Wildman–Crippen MR) is 299 cm³/mol. The second-order valence-corrected chi connectivity index (χ2v) is 23.2. The molecule has 2 aromatic carbocycles. The highest BCUT2D eigenvalue weighted by Gasteiger charge is 2.42. The number of carbonyl (C=O) groups excluding carboxylic acids is 7. The lowest BCUT2D eigenvalue weighted by atomic mass is 9.95. The number of hydrogen-bond acceptors (Lipinski definition) is 9. The van der Waals surface area contributed by atoms with Gasteiger partial charge in [-0.1, -0.05) is 102 Å². The van der Waals surface area contributed by atoms with Crippen molar-refractivity contribution in [3.05, 3.63) is 96.6 Å². The van der Waals surface area contributed by atoms with Gasteiger partial charge in [0, 0.05) is 62.2 Å². The van der Waals surface area contributed by atoms with Crippen LogP contribution in [0.2, 0.25) is 0 Å². The minimum atomic E-state index is -1.25. The number of carbonyl (C=O) groups is 7. The van der Waals surface area contributed by atoms with E-state index in [1.54, 1.807) is 25.1 Å². The Labute approximate surface area is 454 Å². The van der Waals surface area contributed by atoms with Crippen LogP contribution in [0.25, 0.3) is 21.8 Å². The van der Waals surface area contributed by atoms with Gasteiger partial charge in [-0.05, 0) is 101 Å². The topological polar surface area (TPSA) is 208 Å². The van der Waals surface area contributed by atoms with Crippen LogP contribution in [-0.2, 0) is 51.9 Å². The predicted octanol–water partition coefficient (Wildman–Crippen LogP) is 6.45. The maximum absolute atomic E-state index is 15.6. The van der Waals surface area contributed by atoms with Crippen LogP contribution in [0.4, 0.5) is 0 Å². The number of para-hydroxylation sites is 1. The molecule has 77 heavy (non-hydrogen) atoms. The van der Waals surface area contributed by atoms with Gasteiger partial charge in [-0.3, -0.25) is 33.6 Å². The van der Waals surface area contributed by atoms with Crippen molar-refractivity contribution in [1.29, 1.82) is 0 Å². The van der Waals surface area contributed by atoms with E-state index in [1.807, 2.05) is 108 Å². The Morgan fingerprint density at radius 2 is 1.40 bits per heavy atom. The molecule has 4 heterocycles. The third-order valence-electron chi connectivity index (χ3n) is 15.8. The zero-order chi connectivity index (χ0) is 55.9. The molecule has 7 rings (SSSR count). The van der Waals surface area contributed by atoms with E-state index in [-0.39, 0.29) is 56.4 Å². The molecule has 0 unspecified atom stereocenters. The minimum Gasteiger partial charge on any atom is -0.343 e. The summed E-state index contributed by atoms with van der Waals surface area (Å²) in [4.78, 5) is 119. The first-order valence-corrected chi connectivity index (χ1v) is 27.7. The van der Waals surface area contributed by atoms with Gasteiger partial charge in [0.05, 0.1) is 11.1 Å². The molecule has 1 saturated carbocycles. The molecule has 0 spiro atoms. The second kappa shape index (κ2) is 25.0. The third-order valence-corrected chi connectivity index (χ3v) is 15.8. The molecule has 17 nitrogen and oxygen atoms in total. The van der Waals surface area contributed by atoms with Crippen LogP contribution in [0.1, 0.15) is 123 Å². The fourth-order valence-electron chi connectivity index (χ4n) is 11.3. The summed E-state index contributed by atoms with van der Waals surface area (Å²) in [6.07, 6.45) is 14.5. The molecule has 17 heteroatoms. The van der Waals surface area contributed by atoms with Crippen LogP contribution in [0.5, 0.6) is 0 Å². The van der Waals surface area contributed by atoms with E-state index in [9.17, 15) is 9.59 Å². The van der Waals surface area contributed by atoms with Crippen molar-refractivity contribution in [2.75, 3.05) is 20.6 Å². The molecular weight excluding hydrogens is 973 g/mol. The molecular formula is C60H82N10O7. The van der Waals surface area contributed by atoms with E-state index in [4.69, 9.17) is 0 Å². The van der Waals surface area contributed by atoms with Gasteiger partial charge in [0.1, 0.15) is 48.1 Å². The summed E-state index contributed by atoms with van der Waals surface area (Å²) in [5.74, 6) is -3.35. The number of rotatable bonds is 12. The summed E-state index contributed by atoms with van der Waals surface area (Å²) >= 11 is 0. The third kappa shape index (κ3) is 13.8. The number of likely N-dealkylation sites (N-methyl/N-ethyl adjacent to an activating group) is 2. The molecule has 2 fully saturated rings. The molecule has 414 valence electrons. The van der Waals surface area contributed by atoms with E-state index >= 15 is 24.0 Å². The van der Waals surface area contributed by atoms with Crippen molar-refractivity contribution in [3.63, 3.8) is 0 Å². The van der Waals surface area contributed by atoms with Crippen molar-refractivity contribution in [2.45, 2.75) is 174 Å². The number of amides is 7. The van der Waals surface area contributed by atoms with Gasteiger partial charge in [-0.2, -0.15) is 0 Å². The monoisotopic (exact) mass is 1050 g/mol. The second-order valence-electron chi connectivity index (χ2n) is 23.2. The van der Waals surface area contributed by atoms with Crippen molar-refractivity contribution in [2.24, 2.45) is 17.8 Å². The zero-order valence-corrected chi connectivity index (χ0v) is 46.9. The molecule has 1 aliphatic carbocycles. The number of aryl methyl sites for hydroxylation is 1. The first-order valence-electron chi connectivity index (χ1n) is 27.7. The van der Waals surface area contributed by atoms with Crippen LogP contribution >= 0.6 is 0 Å². The minimum absolute atomic E-state index is 0.00923. The highest BCUT2D eigenvalue weighted by atomic mass is 16.2. The Bertz CT molecular complexity index is 2870. The molecule has 4 aromatic rings. The van der Waals surface area contributed by atoms with Crippen LogP contribution in [0.3, 0.4) is 0 Å². The summed E-state index contributed by atoms with van der Waals surface area (Å²) in [5, 5.41) is 13.7. The Morgan fingerprint density at radius 1 is 0.753 bits per heavy atom. The summed E-state index contributed by atoms with van der Waals surface area (Å²) in [5.41, 5.74) is 2.45. The van der Waals surface area contributed by atoms with E-state index in [0.717, 1.165) is 47.5 Å². The standard InChI is InChI=1S/C60H82N10O7/c1-12-60(8,9)70-35-43(44-22-17-18-23-49(44)70)33-48-58(76)68(11)51(28-36(2)3)55(73)64-47(32-41-25-26-42-34-61-39(7)63-45(42)31-41)53(71)62-38(6)57(75)67(10)50-24-14-13-19-27-69(59(50)77)52(29-37(4)5)56(74)65-46(54(72)66-48)30-40-20-15-16-21-40/h12-14,17-18,22-23,25-26,31,34-38,40,46-48,50-52H,1,15-16,19-21,24,27-30,32-33H2,2-11H3,(H,62,71)(H,64,73)(H,65,74)(H,66,72)/b14-13-/t38-,46-,47-,48-,50-,51-,52-/m0/s1. The van der Waals surface area contributed by atoms with Crippen molar-refractivity contribution >= 4 is 63.2 Å². The summed E-state index contributed by atoms with van der Waals surface area (Å²) in [6.45, 7) is 19.5. The molecule has 2 bridgehead atoms. The lowest BCUT2D eigenvalue weighted by Gasteiger charge is -2.39. The van der Waals surface area contributed by atoms with E-state index in [2.05, 4.69) is 42.4 Å². The van der Waals surface area contributed by atoms with E-state index in [0.29, 0.717) is 29.7 Å². The first-order chi connectivity index (χ1) is 36.6. The lowest BCUT2D eigenvalue weighted by molar-refractivity contribution is -0.150. The smallest absolute Gasteiger partial charge is 0.246 e. The van der Waals surface area contributed by atoms with E-state index in [1.165, 1.54) is 23.8 Å². The Balaban J connectivity index is 1.36. The molecule has 0 radical (unpaired) electrons. The van der Waals surface area contributed by atoms with Crippen LogP contribution in [0.15, 0.2) is 79.7 Å². The molecule has 2 aliphatic heterocycles. The fraction of sp³-hybridized carbons (Fsp3) is 0.550. The summed E-state index contributed by atoms with van der Waals surface area (Å²) < 4.78 is 2.09. The largest absolute Gasteiger partial charge is 0.343 e. The number of nitrogens with one attached hydrogen (secondary N) is 4. The zero-order valence-electron chi connectivity index (χ0n) is 46.9. The number of aromatic nitrogens is 3.